The number of nitrogens with zero attached hydrogens (tertiary/aromatic N) is 1. The number of benzene rings is 4. The van der Waals surface area contributed by atoms with Crippen molar-refractivity contribution in [3.8, 4) is 0 Å². The molecule has 1 atom stereocenters. The fourth-order valence-corrected chi connectivity index (χ4v) is 4.85. The number of fused-ring (bicyclic) bond motifs is 1. The van der Waals surface area contributed by atoms with E-state index in [2.05, 4.69) is 24.5 Å². The molecular weight excluding hydrogens is 458 g/mol. The largest absolute Gasteiger partial charge is 0.361 e. The first-order valence-electron chi connectivity index (χ1n) is 12.7. The van der Waals surface area contributed by atoms with Gasteiger partial charge in [-0.1, -0.05) is 92.7 Å². The molecule has 1 aliphatic rings. The summed E-state index contributed by atoms with van der Waals surface area (Å²) in [4.78, 5) is 28.2. The Balaban J connectivity index is 1.34. The van der Waals surface area contributed by atoms with Crippen molar-refractivity contribution >= 4 is 17.5 Å². The highest BCUT2D eigenvalue weighted by Crippen LogP contribution is 2.35. The van der Waals surface area contributed by atoms with Gasteiger partial charge in [-0.05, 0) is 47.4 Å². The van der Waals surface area contributed by atoms with Crippen LogP contribution in [0.1, 0.15) is 63.5 Å². The van der Waals surface area contributed by atoms with Crippen LogP contribution in [0.2, 0.25) is 0 Å². The third-order valence-corrected chi connectivity index (χ3v) is 6.61. The number of carbonyl (C=O) groups excluding carboxylic acids is 2. The summed E-state index contributed by atoms with van der Waals surface area (Å²) in [5.41, 5.74) is 5.19. The quantitative estimate of drug-likeness (QED) is 0.300. The van der Waals surface area contributed by atoms with Crippen molar-refractivity contribution in [2.45, 2.75) is 26.1 Å². The zero-order valence-corrected chi connectivity index (χ0v) is 21.1. The number of nitrogens with one attached hydrogen (secondary N) is 2. The van der Waals surface area contributed by atoms with E-state index in [0.29, 0.717) is 18.0 Å². The van der Waals surface area contributed by atoms with Crippen molar-refractivity contribution in [2.24, 2.45) is 5.92 Å². The monoisotopic (exact) mass is 489 g/mol. The molecule has 4 aromatic carbocycles. The molecule has 5 heteroatoms. The van der Waals surface area contributed by atoms with Crippen LogP contribution < -0.4 is 10.6 Å². The first-order valence-corrected chi connectivity index (χ1v) is 12.7. The summed E-state index contributed by atoms with van der Waals surface area (Å²) in [5, 5.41) is 6.71. The number of rotatable bonds is 8. The molecule has 2 N–H and O–H groups in total. The van der Waals surface area contributed by atoms with Crippen LogP contribution in [-0.2, 0) is 0 Å². The van der Waals surface area contributed by atoms with Gasteiger partial charge in [0, 0.05) is 28.9 Å². The fourth-order valence-electron chi connectivity index (χ4n) is 4.85. The van der Waals surface area contributed by atoms with E-state index in [1.54, 1.807) is 0 Å². The molecule has 0 radical (unpaired) electrons. The van der Waals surface area contributed by atoms with Crippen molar-refractivity contribution in [3.63, 3.8) is 0 Å². The van der Waals surface area contributed by atoms with Crippen molar-refractivity contribution in [2.75, 3.05) is 11.9 Å². The van der Waals surface area contributed by atoms with Gasteiger partial charge in [-0.2, -0.15) is 0 Å². The number of anilines is 1. The van der Waals surface area contributed by atoms with Crippen LogP contribution in [0.4, 0.5) is 5.69 Å². The van der Waals surface area contributed by atoms with E-state index in [4.69, 9.17) is 0 Å². The van der Waals surface area contributed by atoms with Crippen molar-refractivity contribution in [3.05, 3.63) is 137 Å². The van der Waals surface area contributed by atoms with Crippen LogP contribution >= 0.6 is 0 Å². The molecule has 2 amide bonds. The minimum atomic E-state index is -0.252. The van der Waals surface area contributed by atoms with Gasteiger partial charge in [-0.25, -0.2) is 0 Å². The van der Waals surface area contributed by atoms with Gasteiger partial charge in [-0.15, -0.1) is 0 Å². The van der Waals surface area contributed by atoms with Gasteiger partial charge >= 0.3 is 0 Å². The van der Waals surface area contributed by atoms with Gasteiger partial charge in [0.1, 0.15) is 6.17 Å². The molecule has 0 aromatic heterocycles. The molecule has 0 aliphatic carbocycles. The van der Waals surface area contributed by atoms with E-state index in [-0.39, 0.29) is 24.0 Å². The number of amides is 2. The van der Waals surface area contributed by atoms with E-state index in [1.807, 2.05) is 114 Å². The topological polar surface area (TPSA) is 61.4 Å². The van der Waals surface area contributed by atoms with E-state index in [9.17, 15) is 9.59 Å². The standard InChI is InChI=1S/C32H31N3O2/c1-22(2)21-35-30(27-15-9-10-16-28(27)32(35)37)33-26-19-17-25(18-20-26)31(36)34-29(23-11-5-3-6-12-23)24-13-7-4-8-14-24/h3-20,22,29-30,33H,21H2,1-2H3,(H,34,36)/t30-/m0/s1. The summed E-state index contributed by atoms with van der Waals surface area (Å²) >= 11 is 0. The number of hydrogen-bond acceptors (Lipinski definition) is 3. The smallest absolute Gasteiger partial charge is 0.256 e. The average molecular weight is 490 g/mol. The van der Waals surface area contributed by atoms with Crippen LogP contribution in [-0.4, -0.2) is 23.3 Å². The molecule has 0 saturated heterocycles. The second-order valence-electron chi connectivity index (χ2n) is 9.79. The summed E-state index contributed by atoms with van der Waals surface area (Å²) in [6, 6.07) is 34.9. The Kier molecular flexibility index (Phi) is 7.04. The third kappa shape index (κ3) is 5.26. The van der Waals surface area contributed by atoms with E-state index in [1.165, 1.54) is 0 Å². The highest BCUT2D eigenvalue weighted by molar-refractivity contribution is 5.99. The summed E-state index contributed by atoms with van der Waals surface area (Å²) in [7, 11) is 0. The Morgan fingerprint density at radius 1 is 0.784 bits per heavy atom. The second-order valence-corrected chi connectivity index (χ2v) is 9.79. The lowest BCUT2D eigenvalue weighted by atomic mass is 9.98. The highest BCUT2D eigenvalue weighted by atomic mass is 16.2. The van der Waals surface area contributed by atoms with Crippen LogP contribution in [0.25, 0.3) is 0 Å². The molecule has 1 heterocycles. The SMILES string of the molecule is CC(C)CN1C(=O)c2ccccc2[C@H]1Nc1ccc(C(=O)NC(c2ccccc2)c2ccccc2)cc1. The highest BCUT2D eigenvalue weighted by Gasteiger charge is 2.36. The van der Waals surface area contributed by atoms with E-state index in [0.717, 1.165) is 27.9 Å². The maximum Gasteiger partial charge on any atom is 0.256 e. The van der Waals surface area contributed by atoms with Gasteiger partial charge in [-0.3, -0.25) is 9.59 Å². The predicted octanol–water partition coefficient (Wildman–Crippen LogP) is 6.43. The molecule has 0 saturated carbocycles. The summed E-state index contributed by atoms with van der Waals surface area (Å²) in [5.74, 6) is 0.244. The zero-order valence-electron chi connectivity index (χ0n) is 21.1. The molecule has 0 unspecified atom stereocenters. The fraction of sp³-hybridized carbons (Fsp3) is 0.188. The van der Waals surface area contributed by atoms with Crippen LogP contribution in [0.3, 0.4) is 0 Å². The molecule has 186 valence electrons. The van der Waals surface area contributed by atoms with Gasteiger partial charge in [0.05, 0.1) is 6.04 Å². The van der Waals surface area contributed by atoms with E-state index < -0.39 is 0 Å². The summed E-state index contributed by atoms with van der Waals surface area (Å²) in [6.45, 7) is 4.88. The normalized spacial score (nSPS) is 14.6. The van der Waals surface area contributed by atoms with Crippen LogP contribution in [0.15, 0.2) is 109 Å². The first-order chi connectivity index (χ1) is 18.0. The molecule has 37 heavy (non-hydrogen) atoms. The minimum absolute atomic E-state index is 0.0469. The molecular formula is C32H31N3O2. The van der Waals surface area contributed by atoms with Crippen molar-refractivity contribution in [1.82, 2.24) is 10.2 Å². The minimum Gasteiger partial charge on any atom is -0.361 e. The van der Waals surface area contributed by atoms with E-state index >= 15 is 0 Å². The van der Waals surface area contributed by atoms with Gasteiger partial charge < -0.3 is 15.5 Å². The molecule has 5 nitrogen and oxygen atoms in total. The maximum absolute atomic E-state index is 13.3. The number of hydrogen-bond donors (Lipinski definition) is 2. The Labute approximate surface area is 218 Å². The maximum atomic E-state index is 13.3. The van der Waals surface area contributed by atoms with Gasteiger partial charge in [0.25, 0.3) is 11.8 Å². The molecule has 0 fully saturated rings. The average Bonchev–Trinajstić information content (AvgIpc) is 3.18. The molecule has 4 aromatic rings. The lowest BCUT2D eigenvalue weighted by Gasteiger charge is -2.28. The molecule has 5 rings (SSSR count). The lowest BCUT2D eigenvalue weighted by molar-refractivity contribution is 0.0720. The van der Waals surface area contributed by atoms with Gasteiger partial charge in [0.15, 0.2) is 0 Å². The van der Waals surface area contributed by atoms with Crippen molar-refractivity contribution < 1.29 is 9.59 Å². The Morgan fingerprint density at radius 3 is 1.95 bits per heavy atom. The predicted molar refractivity (Wildman–Crippen MR) is 147 cm³/mol. The molecule has 0 spiro atoms. The third-order valence-electron chi connectivity index (χ3n) is 6.61. The lowest BCUT2D eigenvalue weighted by Crippen LogP contribution is -2.35. The summed E-state index contributed by atoms with van der Waals surface area (Å²) in [6.07, 6.45) is -0.244. The van der Waals surface area contributed by atoms with Gasteiger partial charge in [0.2, 0.25) is 0 Å². The first kappa shape index (κ1) is 24.3. The Morgan fingerprint density at radius 2 is 1.35 bits per heavy atom. The second kappa shape index (κ2) is 10.7. The van der Waals surface area contributed by atoms with Crippen LogP contribution in [0, 0.1) is 5.92 Å². The Hall–Kier alpha value is -4.38. The van der Waals surface area contributed by atoms with Crippen molar-refractivity contribution in [1.29, 1.82) is 0 Å². The molecule has 0 bridgehead atoms. The zero-order chi connectivity index (χ0) is 25.8. The number of carbonyl (C=O) groups is 2. The molecule has 1 aliphatic heterocycles. The Bertz CT molecular complexity index is 1330. The summed E-state index contributed by atoms with van der Waals surface area (Å²) < 4.78 is 0. The van der Waals surface area contributed by atoms with Crippen LogP contribution in [0.5, 0.6) is 0 Å².